The zero-order chi connectivity index (χ0) is 17.5. The maximum absolute atomic E-state index is 5.91. The predicted molar refractivity (Wildman–Crippen MR) is 115 cm³/mol. The summed E-state index contributed by atoms with van der Waals surface area (Å²) in [6.45, 7) is 1.43. The number of aromatic nitrogens is 2. The van der Waals surface area contributed by atoms with Gasteiger partial charge in [0, 0.05) is 44.0 Å². The summed E-state index contributed by atoms with van der Waals surface area (Å²) in [5.74, 6) is 0.765. The second-order valence-electron chi connectivity index (χ2n) is 5.86. The van der Waals surface area contributed by atoms with Crippen LogP contribution in [0.25, 0.3) is 0 Å². The highest BCUT2D eigenvalue weighted by molar-refractivity contribution is 14.0. The van der Waals surface area contributed by atoms with Gasteiger partial charge in [0.15, 0.2) is 5.96 Å². The number of benzene rings is 1. The van der Waals surface area contributed by atoms with Gasteiger partial charge in [-0.1, -0.05) is 23.7 Å². The van der Waals surface area contributed by atoms with Gasteiger partial charge < -0.3 is 15.5 Å². The summed E-state index contributed by atoms with van der Waals surface area (Å²) in [5, 5.41) is 11.7. The lowest BCUT2D eigenvalue weighted by Gasteiger charge is -2.24. The van der Waals surface area contributed by atoms with Crippen LogP contribution in [-0.4, -0.2) is 48.3 Å². The van der Waals surface area contributed by atoms with Gasteiger partial charge in [0.25, 0.3) is 0 Å². The van der Waals surface area contributed by atoms with E-state index in [9.17, 15) is 0 Å². The summed E-state index contributed by atoms with van der Waals surface area (Å²) in [5.41, 5.74) is 2.32. The molecule has 0 aliphatic rings. The molecule has 2 aromatic rings. The van der Waals surface area contributed by atoms with Gasteiger partial charge in [0.1, 0.15) is 0 Å². The summed E-state index contributed by atoms with van der Waals surface area (Å²) in [7, 11) is 7.81. The molecule has 0 saturated carbocycles. The van der Waals surface area contributed by atoms with E-state index in [4.69, 9.17) is 11.6 Å². The second kappa shape index (κ2) is 10.6. The molecule has 138 valence electrons. The van der Waals surface area contributed by atoms with Crippen LogP contribution in [-0.2, 0) is 13.6 Å². The van der Waals surface area contributed by atoms with Crippen LogP contribution in [0.15, 0.2) is 41.7 Å². The Morgan fingerprint density at radius 3 is 2.48 bits per heavy atom. The minimum Gasteiger partial charge on any atom is -0.354 e. The fourth-order valence-corrected chi connectivity index (χ4v) is 2.54. The van der Waals surface area contributed by atoms with Gasteiger partial charge >= 0.3 is 0 Å². The van der Waals surface area contributed by atoms with Crippen molar-refractivity contribution in [2.24, 2.45) is 12.0 Å². The molecule has 1 unspecified atom stereocenters. The molecule has 8 heteroatoms. The Kier molecular flexibility index (Phi) is 9.23. The molecule has 0 aliphatic carbocycles. The predicted octanol–water partition coefficient (Wildman–Crippen LogP) is 2.66. The van der Waals surface area contributed by atoms with Crippen LogP contribution in [0.5, 0.6) is 0 Å². The SMILES string of the molecule is CN=C(NCc1ccc(Cl)cc1)NCC(c1cnn(C)c1)N(C)C.I. The minimum atomic E-state index is 0. The van der Waals surface area contributed by atoms with E-state index >= 15 is 0 Å². The molecule has 0 bridgehead atoms. The molecular formula is C17H26ClIN6. The maximum atomic E-state index is 5.91. The monoisotopic (exact) mass is 476 g/mol. The van der Waals surface area contributed by atoms with Gasteiger partial charge in [-0.25, -0.2) is 0 Å². The van der Waals surface area contributed by atoms with Crippen molar-refractivity contribution in [3.63, 3.8) is 0 Å². The van der Waals surface area contributed by atoms with E-state index in [0.717, 1.165) is 23.1 Å². The fraction of sp³-hybridized carbons (Fsp3) is 0.412. The smallest absolute Gasteiger partial charge is 0.191 e. The first-order valence-electron chi connectivity index (χ1n) is 7.83. The molecule has 0 amide bonds. The van der Waals surface area contributed by atoms with Gasteiger partial charge in [-0.15, -0.1) is 24.0 Å². The van der Waals surface area contributed by atoms with E-state index in [-0.39, 0.29) is 30.0 Å². The van der Waals surface area contributed by atoms with E-state index in [0.29, 0.717) is 6.54 Å². The summed E-state index contributed by atoms with van der Waals surface area (Å²) in [4.78, 5) is 6.44. The highest BCUT2D eigenvalue weighted by Crippen LogP contribution is 2.16. The second-order valence-corrected chi connectivity index (χ2v) is 6.30. The average Bonchev–Trinajstić information content (AvgIpc) is 2.98. The average molecular weight is 477 g/mol. The molecule has 6 nitrogen and oxygen atoms in total. The standard InChI is InChI=1S/C17H25ClN6.HI/c1-19-17(20-9-13-5-7-15(18)8-6-13)21-11-16(23(2)3)14-10-22-24(4)12-14;/h5-8,10,12,16H,9,11H2,1-4H3,(H2,19,20,21);1H. The lowest BCUT2D eigenvalue weighted by atomic mass is 10.1. The van der Waals surface area contributed by atoms with E-state index < -0.39 is 0 Å². The summed E-state index contributed by atoms with van der Waals surface area (Å²) < 4.78 is 1.82. The van der Waals surface area contributed by atoms with Crippen molar-refractivity contribution in [3.05, 3.63) is 52.8 Å². The Morgan fingerprint density at radius 1 is 1.28 bits per heavy atom. The third-order valence-electron chi connectivity index (χ3n) is 3.79. The fourth-order valence-electron chi connectivity index (χ4n) is 2.41. The van der Waals surface area contributed by atoms with Crippen LogP contribution in [0, 0.1) is 0 Å². The number of likely N-dealkylation sites (N-methyl/N-ethyl adjacent to an activating group) is 1. The first kappa shape index (κ1) is 21.7. The van der Waals surface area contributed by atoms with E-state index in [1.807, 2.05) is 48.4 Å². The number of hydrogen-bond acceptors (Lipinski definition) is 3. The summed E-state index contributed by atoms with van der Waals surface area (Å²) >= 11 is 5.91. The van der Waals surface area contributed by atoms with Crippen LogP contribution in [0.4, 0.5) is 0 Å². The molecule has 1 atom stereocenters. The number of halogens is 2. The van der Waals surface area contributed by atoms with Crippen LogP contribution in [0.3, 0.4) is 0 Å². The number of aryl methyl sites for hydroxylation is 1. The Labute approximate surface area is 171 Å². The Morgan fingerprint density at radius 2 is 1.96 bits per heavy atom. The van der Waals surface area contributed by atoms with Crippen molar-refractivity contribution < 1.29 is 0 Å². The highest BCUT2D eigenvalue weighted by atomic mass is 127. The number of rotatable bonds is 6. The van der Waals surface area contributed by atoms with Gasteiger partial charge in [-0.3, -0.25) is 9.67 Å². The minimum absolute atomic E-state index is 0. The molecule has 0 saturated heterocycles. The maximum Gasteiger partial charge on any atom is 0.191 e. The van der Waals surface area contributed by atoms with Crippen molar-refractivity contribution in [1.29, 1.82) is 0 Å². The molecule has 25 heavy (non-hydrogen) atoms. The lowest BCUT2D eigenvalue weighted by molar-refractivity contribution is 0.298. The molecule has 1 aromatic carbocycles. The molecule has 0 spiro atoms. The molecular weight excluding hydrogens is 451 g/mol. The third kappa shape index (κ3) is 6.83. The number of nitrogens with zero attached hydrogens (tertiary/aromatic N) is 4. The Hall–Kier alpha value is -1.32. The normalized spacial score (nSPS) is 12.6. The van der Waals surface area contributed by atoms with Gasteiger partial charge in [-0.05, 0) is 31.8 Å². The zero-order valence-electron chi connectivity index (χ0n) is 15.0. The number of guanidine groups is 1. The Balaban J connectivity index is 0.00000312. The van der Waals surface area contributed by atoms with Crippen LogP contribution in [0.1, 0.15) is 17.2 Å². The van der Waals surface area contributed by atoms with Crippen molar-refractivity contribution in [3.8, 4) is 0 Å². The summed E-state index contributed by atoms with van der Waals surface area (Å²) in [6.07, 6.45) is 3.94. The first-order valence-corrected chi connectivity index (χ1v) is 8.21. The van der Waals surface area contributed by atoms with Crippen LogP contribution < -0.4 is 10.6 Å². The molecule has 2 rings (SSSR count). The van der Waals surface area contributed by atoms with E-state index in [2.05, 4.69) is 39.7 Å². The third-order valence-corrected chi connectivity index (χ3v) is 4.04. The van der Waals surface area contributed by atoms with Crippen molar-refractivity contribution in [1.82, 2.24) is 25.3 Å². The van der Waals surface area contributed by atoms with Crippen molar-refractivity contribution in [2.75, 3.05) is 27.7 Å². The van der Waals surface area contributed by atoms with E-state index in [1.54, 1.807) is 7.05 Å². The van der Waals surface area contributed by atoms with E-state index in [1.165, 1.54) is 5.56 Å². The van der Waals surface area contributed by atoms with Gasteiger partial charge in [-0.2, -0.15) is 5.10 Å². The molecule has 2 N–H and O–H groups in total. The zero-order valence-corrected chi connectivity index (χ0v) is 18.1. The topological polar surface area (TPSA) is 57.5 Å². The molecule has 1 aromatic heterocycles. The van der Waals surface area contributed by atoms with Crippen molar-refractivity contribution in [2.45, 2.75) is 12.6 Å². The lowest BCUT2D eigenvalue weighted by Crippen LogP contribution is -2.41. The number of aliphatic imine (C=N–C) groups is 1. The highest BCUT2D eigenvalue weighted by Gasteiger charge is 2.16. The first-order chi connectivity index (χ1) is 11.5. The molecule has 0 aliphatic heterocycles. The van der Waals surface area contributed by atoms with Gasteiger partial charge in [0.2, 0.25) is 0 Å². The molecule has 0 fully saturated rings. The quantitative estimate of drug-likeness (QED) is 0.382. The molecule has 1 heterocycles. The van der Waals surface area contributed by atoms with Gasteiger partial charge in [0.05, 0.1) is 12.2 Å². The van der Waals surface area contributed by atoms with Crippen molar-refractivity contribution >= 4 is 41.5 Å². The van der Waals surface area contributed by atoms with Crippen LogP contribution >= 0.6 is 35.6 Å². The number of nitrogens with one attached hydrogen (secondary N) is 2. The Bertz CT molecular complexity index is 668. The number of hydrogen-bond donors (Lipinski definition) is 2. The molecule has 0 radical (unpaired) electrons. The summed E-state index contributed by atoms with van der Waals surface area (Å²) in [6, 6.07) is 7.99. The largest absolute Gasteiger partial charge is 0.354 e. The van der Waals surface area contributed by atoms with Crippen LogP contribution in [0.2, 0.25) is 5.02 Å².